The number of carbonyl (C=O) groups is 1. The molecule has 0 atom stereocenters. The second kappa shape index (κ2) is 18.9. The first-order chi connectivity index (χ1) is 22.6. The lowest BCUT2D eigenvalue weighted by Gasteiger charge is -2.11. The number of amides is 1. The number of nitriles is 1. The molecule has 2 heterocycles. The van der Waals surface area contributed by atoms with E-state index in [1.807, 2.05) is 6.07 Å². The zero-order valence-electron chi connectivity index (χ0n) is 25.4. The summed E-state index contributed by atoms with van der Waals surface area (Å²) in [5, 5.41) is 21.0. The molecule has 47 heavy (non-hydrogen) atoms. The molecule has 0 radical (unpaired) electrons. The molecule has 2 aromatic carbocycles. The van der Waals surface area contributed by atoms with Crippen LogP contribution in [0, 0.1) is 23.0 Å². The highest BCUT2D eigenvalue weighted by Gasteiger charge is 2.13. The van der Waals surface area contributed by atoms with E-state index in [0.717, 1.165) is 12.8 Å². The Hall–Kier alpha value is -4.88. The Morgan fingerprint density at radius 1 is 0.851 bits per heavy atom. The van der Waals surface area contributed by atoms with Crippen LogP contribution in [0.3, 0.4) is 0 Å². The van der Waals surface area contributed by atoms with Crippen molar-refractivity contribution in [1.29, 1.82) is 5.26 Å². The summed E-state index contributed by atoms with van der Waals surface area (Å²) in [4.78, 5) is 28.0. The Morgan fingerprint density at radius 2 is 1.34 bits per heavy atom. The lowest BCUT2D eigenvalue weighted by molar-refractivity contribution is 0.100. The Morgan fingerprint density at radius 3 is 1.81 bits per heavy atom. The van der Waals surface area contributed by atoms with Crippen LogP contribution in [0.4, 0.5) is 43.7 Å². The van der Waals surface area contributed by atoms with E-state index in [4.69, 9.17) is 43.7 Å². The summed E-state index contributed by atoms with van der Waals surface area (Å²) in [6.07, 6.45) is 4.25. The smallest absolute Gasteiger partial charge is 0.254 e. The first kappa shape index (κ1) is 36.6. The minimum absolute atomic E-state index is 0.00144. The van der Waals surface area contributed by atoms with Crippen molar-refractivity contribution < 1.29 is 23.0 Å². The fraction of sp³-hybridized carbons (Fsp3) is 0.267. The van der Waals surface area contributed by atoms with E-state index < -0.39 is 17.5 Å². The number of hydrogen-bond acceptors (Lipinski definition) is 12. The fourth-order valence-corrected chi connectivity index (χ4v) is 4.03. The van der Waals surface area contributed by atoms with Gasteiger partial charge in [0.2, 0.25) is 11.9 Å². The van der Waals surface area contributed by atoms with Crippen LogP contribution in [0.2, 0.25) is 10.0 Å². The third kappa shape index (κ3) is 11.8. The first-order valence-corrected chi connectivity index (χ1v) is 14.7. The van der Waals surface area contributed by atoms with Crippen LogP contribution in [-0.2, 0) is 9.47 Å². The zero-order valence-corrected chi connectivity index (χ0v) is 26.9. The van der Waals surface area contributed by atoms with Gasteiger partial charge in [0.05, 0.1) is 21.8 Å². The number of hydrogen-bond donors (Lipinski definition) is 5. The molecule has 0 spiro atoms. The number of aromatic nitrogens is 4. The van der Waals surface area contributed by atoms with E-state index >= 15 is 0 Å². The largest absolute Gasteiger partial charge is 0.385 e. The van der Waals surface area contributed by atoms with Crippen molar-refractivity contribution in [3.63, 3.8) is 0 Å². The minimum atomic E-state index is -0.638. The topological polar surface area (TPSA) is 185 Å². The molecular formula is C30H32Cl2F2N10O3. The van der Waals surface area contributed by atoms with Crippen LogP contribution in [0.15, 0.2) is 48.8 Å². The maximum absolute atomic E-state index is 13.2. The lowest BCUT2D eigenvalue weighted by Crippen LogP contribution is -2.17. The number of ether oxygens (including phenoxy) is 2. The molecule has 0 aliphatic carbocycles. The molecule has 248 valence electrons. The average molecular weight is 690 g/mol. The molecule has 0 saturated heterocycles. The van der Waals surface area contributed by atoms with Crippen molar-refractivity contribution in [2.45, 2.75) is 12.8 Å². The molecule has 6 N–H and O–H groups in total. The van der Waals surface area contributed by atoms with Gasteiger partial charge in [-0.2, -0.15) is 15.2 Å². The van der Waals surface area contributed by atoms with Gasteiger partial charge in [-0.25, -0.2) is 18.7 Å². The molecule has 0 saturated carbocycles. The summed E-state index contributed by atoms with van der Waals surface area (Å²) in [6.45, 7) is 2.34. The molecule has 4 aromatic rings. The van der Waals surface area contributed by atoms with Gasteiger partial charge in [0, 0.05) is 58.1 Å². The van der Waals surface area contributed by atoms with Gasteiger partial charge in [-0.3, -0.25) is 4.79 Å². The van der Waals surface area contributed by atoms with Crippen LogP contribution < -0.4 is 27.0 Å². The number of halogens is 4. The van der Waals surface area contributed by atoms with Crippen LogP contribution in [-0.4, -0.2) is 66.4 Å². The van der Waals surface area contributed by atoms with Gasteiger partial charge in [0.1, 0.15) is 34.9 Å². The van der Waals surface area contributed by atoms with Gasteiger partial charge >= 0.3 is 0 Å². The highest BCUT2D eigenvalue weighted by Crippen LogP contribution is 2.24. The summed E-state index contributed by atoms with van der Waals surface area (Å²) in [5.74, 6) is -0.428. The summed E-state index contributed by atoms with van der Waals surface area (Å²) >= 11 is 11.5. The van der Waals surface area contributed by atoms with Crippen molar-refractivity contribution in [3.05, 3.63) is 81.6 Å². The second-order valence-corrected chi connectivity index (χ2v) is 10.3. The molecule has 0 fully saturated rings. The van der Waals surface area contributed by atoms with Gasteiger partial charge < -0.3 is 36.5 Å². The average Bonchev–Trinajstić information content (AvgIpc) is 3.05. The summed E-state index contributed by atoms with van der Waals surface area (Å²) in [7, 11) is 3.23. The number of benzene rings is 2. The second-order valence-electron chi connectivity index (χ2n) is 9.44. The quantitative estimate of drug-likeness (QED) is 0.0934. The highest BCUT2D eigenvalue weighted by atomic mass is 35.5. The first-order valence-electron chi connectivity index (χ1n) is 14.0. The van der Waals surface area contributed by atoms with Gasteiger partial charge in [0.25, 0.3) is 5.91 Å². The summed E-state index contributed by atoms with van der Waals surface area (Å²) in [6, 6.07) is 10.4. The number of primary amides is 1. The van der Waals surface area contributed by atoms with E-state index in [-0.39, 0.29) is 27.5 Å². The van der Waals surface area contributed by atoms with Crippen molar-refractivity contribution in [1.82, 2.24) is 19.9 Å². The number of nitrogens with two attached hydrogens (primary N) is 1. The SMILES string of the molecule is COCCCNc1nc(Nc2ccc(F)c(Cl)c2)ncc1C#N.COCCCNc1nc(Nc2ccc(F)c(Cl)c2)ncc1C(N)=O. The third-order valence-electron chi connectivity index (χ3n) is 5.95. The van der Waals surface area contributed by atoms with E-state index in [2.05, 4.69) is 41.2 Å². The van der Waals surface area contributed by atoms with Crippen LogP contribution in [0.1, 0.15) is 28.8 Å². The molecule has 0 aliphatic heterocycles. The molecule has 17 heteroatoms. The van der Waals surface area contributed by atoms with Crippen molar-refractivity contribution >= 4 is 64.0 Å². The predicted octanol–water partition coefficient (Wildman–Crippen LogP) is 5.89. The monoisotopic (exact) mass is 688 g/mol. The van der Waals surface area contributed by atoms with Crippen LogP contribution in [0.5, 0.6) is 0 Å². The third-order valence-corrected chi connectivity index (χ3v) is 6.53. The van der Waals surface area contributed by atoms with Gasteiger partial charge in [0.15, 0.2) is 0 Å². The normalized spacial score (nSPS) is 10.3. The molecule has 4 rings (SSSR count). The molecule has 13 nitrogen and oxygen atoms in total. The van der Waals surface area contributed by atoms with Gasteiger partial charge in [-0.1, -0.05) is 23.2 Å². The summed E-state index contributed by atoms with van der Waals surface area (Å²) in [5.41, 5.74) is 6.90. The number of nitrogens with one attached hydrogen (secondary N) is 4. The zero-order chi connectivity index (χ0) is 34.2. The Labute approximate surface area is 279 Å². The Balaban J connectivity index is 0.000000256. The molecule has 0 bridgehead atoms. The lowest BCUT2D eigenvalue weighted by atomic mass is 10.3. The molecule has 0 aliphatic rings. The molecule has 2 aromatic heterocycles. The highest BCUT2D eigenvalue weighted by molar-refractivity contribution is 6.31. The standard InChI is InChI=1S/C15H17ClFN5O2.C15H15ClFN5O/c1-24-6-2-5-19-14-10(13(18)23)8-20-15(22-14)21-9-3-4-12(17)11(16)7-9;1-23-6-2-5-19-14-10(8-18)9-20-15(22-14)21-11-3-4-13(17)12(16)7-11/h3-4,7-8H,2,5-6H2,1H3,(H2,18,23)(H2,19,20,21,22);3-4,7,9H,2,5-6H2,1H3,(H2,19,20,21,22). The fourth-order valence-electron chi connectivity index (χ4n) is 3.67. The summed E-state index contributed by atoms with van der Waals surface area (Å²) < 4.78 is 36.3. The van der Waals surface area contributed by atoms with Gasteiger partial charge in [-0.05, 0) is 49.2 Å². The predicted molar refractivity (Wildman–Crippen MR) is 177 cm³/mol. The van der Waals surface area contributed by atoms with Crippen molar-refractivity contribution in [2.24, 2.45) is 5.73 Å². The van der Waals surface area contributed by atoms with Gasteiger partial charge in [-0.15, -0.1) is 0 Å². The van der Waals surface area contributed by atoms with Crippen molar-refractivity contribution in [2.75, 3.05) is 61.8 Å². The van der Waals surface area contributed by atoms with Crippen molar-refractivity contribution in [3.8, 4) is 6.07 Å². The minimum Gasteiger partial charge on any atom is -0.385 e. The molecular weight excluding hydrogens is 657 g/mol. The van der Waals surface area contributed by atoms with E-state index in [0.29, 0.717) is 54.9 Å². The number of carbonyl (C=O) groups excluding carboxylic acids is 1. The maximum atomic E-state index is 13.2. The number of methoxy groups -OCH3 is 2. The Kier molecular flexibility index (Phi) is 14.7. The number of rotatable bonds is 15. The number of anilines is 6. The molecule has 1 amide bonds. The maximum Gasteiger partial charge on any atom is 0.254 e. The Bertz CT molecular complexity index is 1690. The van der Waals surface area contributed by atoms with E-state index in [9.17, 15) is 13.6 Å². The molecule has 0 unspecified atom stereocenters. The van der Waals surface area contributed by atoms with Crippen LogP contribution in [0.25, 0.3) is 0 Å². The van der Waals surface area contributed by atoms with E-state index in [1.54, 1.807) is 14.2 Å². The number of nitrogens with zero attached hydrogens (tertiary/aromatic N) is 5. The van der Waals surface area contributed by atoms with Crippen LogP contribution >= 0.6 is 23.2 Å². The van der Waals surface area contributed by atoms with E-state index in [1.165, 1.54) is 48.8 Å².